The number of hydrogen-bond donors (Lipinski definition) is 0. The zero-order chi connectivity index (χ0) is 3.41. The van der Waals surface area contributed by atoms with Crippen LogP contribution in [0, 0.1) is 14.9 Å². The molecule has 0 rings (SSSR count). The molecular weight excluding hydrogens is 273 g/mol. The molecule has 0 saturated carbocycles. The van der Waals surface area contributed by atoms with Crippen LogP contribution in [0.1, 0.15) is 0 Å². The minimum atomic E-state index is 0. The third kappa shape index (κ3) is 80.1. The average molecular weight is 282 g/mol. The van der Waals surface area contributed by atoms with Gasteiger partial charge in [0.05, 0.1) is 0 Å². The third-order valence-corrected chi connectivity index (χ3v) is 0.0833. The average Bonchev–Trinajstić information content (AvgIpc) is 1.37. The molecule has 0 heterocycles. The van der Waals surface area contributed by atoms with Crippen LogP contribution in [-0.2, 0) is 27.2 Å². The molecule has 0 spiro atoms. The van der Waals surface area contributed by atoms with Gasteiger partial charge in [0.15, 0.2) is 0 Å². The van der Waals surface area contributed by atoms with Crippen molar-refractivity contribution in [3.8, 4) is 0 Å². The first-order chi connectivity index (χ1) is 1.91. The van der Waals surface area contributed by atoms with Crippen LogP contribution in [0.15, 0.2) is 12.7 Å². The van der Waals surface area contributed by atoms with Gasteiger partial charge in [-0.3, -0.25) is 0 Å². The molecule has 0 aliphatic carbocycles. The van der Waals surface area contributed by atoms with E-state index in [1.807, 2.05) is 0 Å². The summed E-state index contributed by atoms with van der Waals surface area (Å²) in [6.07, 6.45) is 2.51. The molecule has 0 aliphatic heterocycles. The molecule has 0 aromatic heterocycles. The minimum absolute atomic E-state index is 0. The summed E-state index contributed by atoms with van der Waals surface area (Å²) in [4.78, 5) is 8.93. The fourth-order valence-electron chi connectivity index (χ4n) is 0. The van der Waals surface area contributed by atoms with Gasteiger partial charge in [0.1, 0.15) is 0 Å². The molecule has 0 fully saturated rings. The van der Waals surface area contributed by atoms with E-state index >= 15 is 0 Å². The molecule has 0 atom stereocenters. The first-order valence-corrected chi connectivity index (χ1v) is 0.901. The van der Waals surface area contributed by atoms with E-state index in [-0.39, 0.29) is 37.2 Å². The first-order valence-electron chi connectivity index (χ1n) is 0.901. The van der Waals surface area contributed by atoms with Crippen LogP contribution in [0.3, 0.4) is 0 Å². The molecule has 1 nitrogen and oxygen atoms in total. The second kappa shape index (κ2) is 35.3. The molecule has 0 saturated heterocycles. The van der Waals surface area contributed by atoms with Crippen LogP contribution in [-0.4, -0.2) is 6.29 Å². The maximum absolute atomic E-state index is 8.93. The van der Waals surface area contributed by atoms with Crippen molar-refractivity contribution in [2.24, 2.45) is 0 Å². The zero-order valence-corrected chi connectivity index (χ0v) is 6.66. The van der Waals surface area contributed by atoms with Gasteiger partial charge in [0.25, 0.3) is 0 Å². The standard InChI is InChI=1S/C3H3O.2CH3.Au/c1-2-3-4;;;/h2H,1H2;2*1H3;/q3*-1;+3. The van der Waals surface area contributed by atoms with E-state index in [1.54, 1.807) is 0 Å². The van der Waals surface area contributed by atoms with E-state index < -0.39 is 0 Å². The van der Waals surface area contributed by atoms with Crippen LogP contribution in [0.4, 0.5) is 0 Å². The van der Waals surface area contributed by atoms with Crippen molar-refractivity contribution >= 4 is 6.29 Å². The van der Waals surface area contributed by atoms with Gasteiger partial charge in [0.2, 0.25) is 0 Å². The van der Waals surface area contributed by atoms with E-state index in [1.165, 1.54) is 6.29 Å². The largest absolute Gasteiger partial charge is 3.00 e. The molecule has 0 N–H and O–H groups in total. The van der Waals surface area contributed by atoms with Gasteiger partial charge in [-0.1, -0.05) is 0 Å². The molecule has 2 heteroatoms. The summed E-state index contributed by atoms with van der Waals surface area (Å²) in [6.45, 7) is 3.06. The van der Waals surface area contributed by atoms with Crippen molar-refractivity contribution in [2.45, 2.75) is 0 Å². The van der Waals surface area contributed by atoms with E-state index in [9.17, 15) is 0 Å². The Morgan fingerprint density at radius 2 is 1.57 bits per heavy atom. The Kier molecular flexibility index (Phi) is 137. The second-order valence-electron chi connectivity index (χ2n) is 0.322. The van der Waals surface area contributed by atoms with Crippen LogP contribution in [0.2, 0.25) is 0 Å². The van der Waals surface area contributed by atoms with Crippen LogP contribution in [0.25, 0.3) is 0 Å². The normalized spacial score (nSPS) is 2.86. The van der Waals surface area contributed by atoms with Crippen LogP contribution in [0.5, 0.6) is 0 Å². The summed E-state index contributed by atoms with van der Waals surface area (Å²) in [6, 6.07) is 0. The molecule has 0 aromatic carbocycles. The molecule has 0 bridgehead atoms. The fraction of sp³-hybridized carbons (Fsp3) is 0. The molecule has 0 aliphatic rings. The van der Waals surface area contributed by atoms with Crippen molar-refractivity contribution < 1.29 is 27.2 Å². The summed E-state index contributed by atoms with van der Waals surface area (Å²) in [5.41, 5.74) is 0. The van der Waals surface area contributed by atoms with Crippen LogP contribution < -0.4 is 0 Å². The van der Waals surface area contributed by atoms with Crippen molar-refractivity contribution in [1.29, 1.82) is 0 Å². The SMILES string of the molecule is C=C[C-]=O.[Au+3].[CH3-].[CH3-]. The monoisotopic (exact) mass is 282 g/mol. The van der Waals surface area contributed by atoms with Crippen molar-refractivity contribution in [2.75, 3.05) is 0 Å². The second-order valence-corrected chi connectivity index (χ2v) is 0.322. The smallest absolute Gasteiger partial charge is 0.419 e. The number of allylic oxidation sites excluding steroid dienone is 1. The van der Waals surface area contributed by atoms with Crippen molar-refractivity contribution in [3.63, 3.8) is 0 Å². The van der Waals surface area contributed by atoms with E-state index in [2.05, 4.69) is 6.58 Å². The summed E-state index contributed by atoms with van der Waals surface area (Å²) < 4.78 is 0. The van der Waals surface area contributed by atoms with Gasteiger partial charge in [-0.05, 0) is 6.29 Å². The van der Waals surface area contributed by atoms with Gasteiger partial charge in [-0.25, -0.2) is 12.7 Å². The summed E-state index contributed by atoms with van der Waals surface area (Å²) in [5.74, 6) is 0. The number of carbonyl (C=O) groups excluding carboxylic acids is 1. The van der Waals surface area contributed by atoms with E-state index in [4.69, 9.17) is 4.79 Å². The molecule has 0 aromatic rings. The van der Waals surface area contributed by atoms with Crippen LogP contribution >= 0.6 is 0 Å². The Morgan fingerprint density at radius 1 is 1.43 bits per heavy atom. The van der Waals surface area contributed by atoms with Gasteiger partial charge in [-0.15, -0.1) is 0 Å². The Labute approximate surface area is 61.3 Å². The van der Waals surface area contributed by atoms with Gasteiger partial charge < -0.3 is 19.6 Å². The molecule has 46 valence electrons. The Balaban J connectivity index is -0.0000000150. The van der Waals surface area contributed by atoms with Crippen molar-refractivity contribution in [3.05, 3.63) is 27.5 Å². The van der Waals surface area contributed by atoms with Gasteiger partial charge in [0, 0.05) is 0 Å². The topological polar surface area (TPSA) is 17.1 Å². The quantitative estimate of drug-likeness (QED) is 0.401. The fourth-order valence-corrected chi connectivity index (χ4v) is 0. The molecule has 0 amide bonds. The maximum atomic E-state index is 8.93. The third-order valence-electron chi connectivity index (χ3n) is 0.0833. The summed E-state index contributed by atoms with van der Waals surface area (Å²) in [7, 11) is 0. The Morgan fingerprint density at radius 3 is 1.57 bits per heavy atom. The summed E-state index contributed by atoms with van der Waals surface area (Å²) in [5, 5.41) is 0. The number of rotatable bonds is 1. The minimum Gasteiger partial charge on any atom is -0.419 e. The van der Waals surface area contributed by atoms with E-state index in [0.29, 0.717) is 0 Å². The van der Waals surface area contributed by atoms with Crippen molar-refractivity contribution in [1.82, 2.24) is 0 Å². The predicted molar refractivity (Wildman–Crippen MR) is 28.7 cm³/mol. The molecule has 7 heavy (non-hydrogen) atoms. The maximum Gasteiger partial charge on any atom is 3.00 e. The zero-order valence-electron chi connectivity index (χ0n) is 4.49. The molecular formula is C5H9AuO. The van der Waals surface area contributed by atoms with Gasteiger partial charge in [-0.2, -0.15) is 0 Å². The molecule has 0 unspecified atom stereocenters. The van der Waals surface area contributed by atoms with E-state index in [0.717, 1.165) is 6.08 Å². The predicted octanol–water partition coefficient (Wildman–Crippen LogP) is 1.18. The first kappa shape index (κ1) is 27.3. The number of hydrogen-bond acceptors (Lipinski definition) is 1. The van der Waals surface area contributed by atoms with Gasteiger partial charge >= 0.3 is 22.4 Å². The Hall–Kier alpha value is 0.150. The Bertz CT molecular complexity index is 29.1. The molecule has 0 radical (unpaired) electrons. The summed E-state index contributed by atoms with van der Waals surface area (Å²) >= 11 is 0.